The molecule has 0 aliphatic carbocycles. The maximum Gasteiger partial charge on any atom is 0.469 e. The van der Waals surface area contributed by atoms with Crippen LogP contribution in [0.25, 0.3) is 0 Å². The van der Waals surface area contributed by atoms with Gasteiger partial charge in [-0.2, -0.15) is 0 Å². The quantitative estimate of drug-likeness (QED) is 0.545. The molecule has 0 heterocycles. The Balaban J connectivity index is 3.52. The van der Waals surface area contributed by atoms with E-state index in [2.05, 4.69) is 4.52 Å². The molecule has 0 rings (SSSR count). The molecule has 0 aromatic rings. The third-order valence-corrected chi connectivity index (χ3v) is 1.49. The lowest BCUT2D eigenvalue weighted by molar-refractivity contribution is 0.0501. The molecule has 11 heavy (non-hydrogen) atoms. The van der Waals surface area contributed by atoms with Gasteiger partial charge in [-0.05, 0) is 20.3 Å². The molecule has 0 bridgehead atoms. The summed E-state index contributed by atoms with van der Waals surface area (Å²) >= 11 is 0. The number of aliphatic hydroxyl groups is 1. The molecule has 0 aliphatic rings. The van der Waals surface area contributed by atoms with E-state index in [4.69, 9.17) is 14.9 Å². The first-order chi connectivity index (χ1) is 4.71. The first-order valence-corrected chi connectivity index (χ1v) is 4.66. The fourth-order valence-corrected chi connectivity index (χ4v) is 0.743. The van der Waals surface area contributed by atoms with E-state index in [1.807, 2.05) is 0 Å². The van der Waals surface area contributed by atoms with Gasteiger partial charge in [0.1, 0.15) is 0 Å². The minimum Gasteiger partial charge on any atom is -0.390 e. The zero-order valence-electron chi connectivity index (χ0n) is 6.52. The van der Waals surface area contributed by atoms with E-state index in [9.17, 15) is 4.57 Å². The summed E-state index contributed by atoms with van der Waals surface area (Å²) in [7, 11) is -4.36. The van der Waals surface area contributed by atoms with Crippen LogP contribution < -0.4 is 0 Å². The van der Waals surface area contributed by atoms with Crippen molar-refractivity contribution < 1.29 is 24.0 Å². The van der Waals surface area contributed by atoms with Crippen molar-refractivity contribution in [1.82, 2.24) is 0 Å². The van der Waals surface area contributed by atoms with Gasteiger partial charge in [-0.15, -0.1) is 0 Å². The van der Waals surface area contributed by atoms with Crippen molar-refractivity contribution in [1.29, 1.82) is 0 Å². The molecule has 0 radical (unpaired) electrons. The summed E-state index contributed by atoms with van der Waals surface area (Å²) in [5.74, 6) is 0. The Labute approximate surface area is 65.2 Å². The zero-order valence-corrected chi connectivity index (χ0v) is 7.41. The highest BCUT2D eigenvalue weighted by molar-refractivity contribution is 7.46. The lowest BCUT2D eigenvalue weighted by Gasteiger charge is -2.16. The Bertz CT molecular complexity index is 155. The molecule has 0 spiro atoms. The molecule has 6 heteroatoms. The zero-order chi connectivity index (χ0) is 9.12. The van der Waals surface area contributed by atoms with Crippen LogP contribution in [-0.2, 0) is 9.09 Å². The summed E-state index contributed by atoms with van der Waals surface area (Å²) in [5, 5.41) is 9.08. The average Bonchev–Trinajstić information content (AvgIpc) is 1.55. The van der Waals surface area contributed by atoms with Gasteiger partial charge < -0.3 is 14.9 Å². The summed E-state index contributed by atoms with van der Waals surface area (Å²) < 4.78 is 14.2. The van der Waals surface area contributed by atoms with E-state index in [0.717, 1.165) is 0 Å². The van der Waals surface area contributed by atoms with Crippen LogP contribution in [0, 0.1) is 0 Å². The fraction of sp³-hybridized carbons (Fsp3) is 1.00. The maximum absolute atomic E-state index is 10.1. The Morgan fingerprint density at radius 1 is 1.45 bits per heavy atom. The highest BCUT2D eigenvalue weighted by atomic mass is 31.2. The molecule has 3 N–H and O–H groups in total. The Morgan fingerprint density at radius 3 is 2.18 bits per heavy atom. The van der Waals surface area contributed by atoms with E-state index < -0.39 is 13.4 Å². The lowest BCUT2D eigenvalue weighted by Crippen LogP contribution is -2.20. The molecule has 68 valence electrons. The summed E-state index contributed by atoms with van der Waals surface area (Å²) in [6.45, 7) is 2.93. The van der Waals surface area contributed by atoms with Gasteiger partial charge in [-0.25, -0.2) is 4.57 Å². The molecule has 0 fully saturated rings. The van der Waals surface area contributed by atoms with Crippen LogP contribution in [0.3, 0.4) is 0 Å². The van der Waals surface area contributed by atoms with E-state index in [1.165, 1.54) is 13.8 Å². The topological polar surface area (TPSA) is 87.0 Å². The van der Waals surface area contributed by atoms with Gasteiger partial charge in [-0.1, -0.05) is 0 Å². The minimum atomic E-state index is -4.36. The first-order valence-electron chi connectivity index (χ1n) is 3.13. The lowest BCUT2D eigenvalue weighted by atomic mass is 10.1. The molecule has 0 aliphatic heterocycles. The number of hydrogen-bond acceptors (Lipinski definition) is 3. The highest BCUT2D eigenvalue weighted by Crippen LogP contribution is 2.36. The standard InChI is InChI=1S/C5H13O5P/c1-5(2,6)3-4-10-11(7,8)9/h6H,3-4H2,1-2H3,(H2,7,8,9). The summed E-state index contributed by atoms with van der Waals surface area (Å²) in [5.41, 5.74) is -0.949. The molecule has 0 unspecified atom stereocenters. The van der Waals surface area contributed by atoms with Crippen molar-refractivity contribution in [2.75, 3.05) is 6.61 Å². The van der Waals surface area contributed by atoms with Crippen molar-refractivity contribution in [2.45, 2.75) is 25.9 Å². The van der Waals surface area contributed by atoms with Crippen molar-refractivity contribution in [3.63, 3.8) is 0 Å². The first kappa shape index (κ1) is 11.1. The second kappa shape index (κ2) is 3.65. The van der Waals surface area contributed by atoms with E-state index in [1.54, 1.807) is 0 Å². The van der Waals surface area contributed by atoms with Crippen LogP contribution >= 0.6 is 7.82 Å². The van der Waals surface area contributed by atoms with Crippen molar-refractivity contribution in [3.8, 4) is 0 Å². The summed E-state index contributed by atoms with van der Waals surface area (Å²) in [6.07, 6.45) is 0.193. The monoisotopic (exact) mass is 184 g/mol. The second-order valence-electron chi connectivity index (χ2n) is 2.89. The molecule has 0 saturated carbocycles. The third-order valence-electron chi connectivity index (χ3n) is 0.973. The van der Waals surface area contributed by atoms with Crippen LogP contribution in [0.5, 0.6) is 0 Å². The van der Waals surface area contributed by atoms with Gasteiger partial charge in [0.15, 0.2) is 0 Å². The number of phosphoric acid groups is 1. The fourth-order valence-electron chi connectivity index (χ4n) is 0.414. The highest BCUT2D eigenvalue weighted by Gasteiger charge is 2.17. The van der Waals surface area contributed by atoms with Crippen LogP contribution in [-0.4, -0.2) is 27.1 Å². The third kappa shape index (κ3) is 10.1. The van der Waals surface area contributed by atoms with Crippen LogP contribution in [0.1, 0.15) is 20.3 Å². The molecule has 5 nitrogen and oxygen atoms in total. The number of hydrogen-bond donors (Lipinski definition) is 3. The molecular weight excluding hydrogens is 171 g/mol. The van der Waals surface area contributed by atoms with Gasteiger partial charge >= 0.3 is 7.82 Å². The van der Waals surface area contributed by atoms with Crippen molar-refractivity contribution >= 4 is 7.82 Å². The van der Waals surface area contributed by atoms with Crippen LogP contribution in [0.4, 0.5) is 0 Å². The maximum atomic E-state index is 10.1. The Morgan fingerprint density at radius 2 is 1.91 bits per heavy atom. The minimum absolute atomic E-state index is 0.145. The molecule has 0 saturated heterocycles. The van der Waals surface area contributed by atoms with E-state index in [-0.39, 0.29) is 13.0 Å². The molecule has 0 aromatic carbocycles. The summed E-state index contributed by atoms with van der Waals surface area (Å²) in [6, 6.07) is 0. The number of rotatable bonds is 4. The second-order valence-corrected chi connectivity index (χ2v) is 4.13. The molecular formula is C5H13O5P. The van der Waals surface area contributed by atoms with Crippen LogP contribution in [0.2, 0.25) is 0 Å². The van der Waals surface area contributed by atoms with Crippen LogP contribution in [0.15, 0.2) is 0 Å². The van der Waals surface area contributed by atoms with Crippen molar-refractivity contribution in [3.05, 3.63) is 0 Å². The van der Waals surface area contributed by atoms with Crippen molar-refractivity contribution in [2.24, 2.45) is 0 Å². The van der Waals surface area contributed by atoms with E-state index in [0.29, 0.717) is 0 Å². The smallest absolute Gasteiger partial charge is 0.390 e. The largest absolute Gasteiger partial charge is 0.469 e. The Hall–Kier alpha value is 0.0700. The molecule has 0 atom stereocenters. The SMILES string of the molecule is CC(C)(O)CCOP(=O)(O)O. The normalized spacial score (nSPS) is 13.5. The average molecular weight is 184 g/mol. The van der Waals surface area contributed by atoms with Gasteiger partial charge in [0.25, 0.3) is 0 Å². The van der Waals surface area contributed by atoms with Gasteiger partial charge in [0, 0.05) is 0 Å². The molecule has 0 amide bonds. The Kier molecular flexibility index (Phi) is 3.67. The van der Waals surface area contributed by atoms with E-state index >= 15 is 0 Å². The van der Waals surface area contributed by atoms with Gasteiger partial charge in [0.05, 0.1) is 12.2 Å². The predicted octanol–water partition coefficient (Wildman–Crippen LogP) is 0.257. The molecule has 0 aromatic heterocycles. The number of phosphoric ester groups is 1. The summed E-state index contributed by atoms with van der Waals surface area (Å²) in [4.78, 5) is 16.4. The van der Waals surface area contributed by atoms with Gasteiger partial charge in [-0.3, -0.25) is 4.52 Å². The van der Waals surface area contributed by atoms with Gasteiger partial charge in [0.2, 0.25) is 0 Å². The predicted molar refractivity (Wildman–Crippen MR) is 38.9 cm³/mol.